The van der Waals surface area contributed by atoms with Crippen molar-refractivity contribution in [1.82, 2.24) is 4.57 Å². The molecule has 0 spiro atoms. The van der Waals surface area contributed by atoms with Gasteiger partial charge in [-0.25, -0.2) is 0 Å². The fourth-order valence-corrected chi connectivity index (χ4v) is 8.35. The molecule has 0 aliphatic heterocycles. The lowest BCUT2D eigenvalue weighted by Crippen LogP contribution is -2.47. The van der Waals surface area contributed by atoms with Crippen molar-refractivity contribution in [1.29, 1.82) is 0 Å². The molecule has 0 aromatic carbocycles. The van der Waals surface area contributed by atoms with Crippen LogP contribution in [0, 0.1) is 52.8 Å². The summed E-state index contributed by atoms with van der Waals surface area (Å²) in [7, 11) is 0. The van der Waals surface area contributed by atoms with Crippen molar-refractivity contribution in [3.05, 3.63) is 48.3 Å². The van der Waals surface area contributed by atoms with E-state index in [0.717, 1.165) is 43.6 Å². The number of nitrogens with zero attached hydrogens (tertiary/aromatic N) is 1. The maximum Gasteiger partial charge on any atom is 0.129 e. The van der Waals surface area contributed by atoms with E-state index in [1.807, 2.05) is 0 Å². The molecule has 4 saturated carbocycles. The van der Waals surface area contributed by atoms with Crippen molar-refractivity contribution in [2.24, 2.45) is 40.9 Å². The molecule has 1 heterocycles. The van der Waals surface area contributed by atoms with Crippen molar-refractivity contribution in [2.45, 2.75) is 83.3 Å². The van der Waals surface area contributed by atoms with Crippen LogP contribution in [0.15, 0.2) is 48.3 Å². The lowest BCUT2D eigenvalue weighted by Gasteiger charge is -2.54. The van der Waals surface area contributed by atoms with Crippen LogP contribution in [0.25, 0.3) is 0 Å². The number of aliphatic hydroxyl groups is 1. The Kier molecular flexibility index (Phi) is 4.99. The molecule has 6 rings (SSSR count). The second kappa shape index (κ2) is 7.66. The normalized spacial score (nSPS) is 42.7. The minimum absolute atomic E-state index is 0.419. The summed E-state index contributed by atoms with van der Waals surface area (Å²) in [5.74, 6) is 11.1. The summed E-state index contributed by atoms with van der Waals surface area (Å²) in [6.07, 6.45) is 18.8. The zero-order valence-corrected chi connectivity index (χ0v) is 19.7. The molecule has 2 nitrogen and oxygen atoms in total. The molecule has 7 atom stereocenters. The van der Waals surface area contributed by atoms with Crippen LogP contribution in [0.1, 0.15) is 71.1 Å². The molecule has 0 amide bonds. The van der Waals surface area contributed by atoms with Gasteiger partial charge >= 0.3 is 0 Å². The highest BCUT2D eigenvalue weighted by atomic mass is 16.3. The van der Waals surface area contributed by atoms with E-state index >= 15 is 0 Å². The van der Waals surface area contributed by atoms with Crippen molar-refractivity contribution < 1.29 is 5.11 Å². The van der Waals surface area contributed by atoms with E-state index in [1.54, 1.807) is 5.57 Å². The number of hydrogen-bond donors (Lipinski definition) is 1. The highest BCUT2D eigenvalue weighted by molar-refractivity contribution is 5.29. The predicted molar refractivity (Wildman–Crippen MR) is 130 cm³/mol. The molecule has 2 heteroatoms. The molecule has 4 fully saturated rings. The lowest BCUT2D eigenvalue weighted by molar-refractivity contribution is -0.0204. The minimum Gasteiger partial charge on any atom is -0.377 e. The highest BCUT2D eigenvalue weighted by Gasteiger charge is 2.56. The highest BCUT2D eigenvalue weighted by Crippen LogP contribution is 2.64. The van der Waals surface area contributed by atoms with Gasteiger partial charge in [0.1, 0.15) is 5.60 Å². The zero-order valence-electron chi connectivity index (χ0n) is 19.7. The van der Waals surface area contributed by atoms with Crippen LogP contribution < -0.4 is 0 Å². The Labute approximate surface area is 194 Å². The van der Waals surface area contributed by atoms with Gasteiger partial charge in [0.05, 0.1) is 0 Å². The Hall–Kier alpha value is -1.72. The maximum absolute atomic E-state index is 11.1. The summed E-state index contributed by atoms with van der Waals surface area (Å²) < 4.78 is 2.29. The van der Waals surface area contributed by atoms with Gasteiger partial charge in [0, 0.05) is 31.3 Å². The number of aromatic nitrogens is 1. The van der Waals surface area contributed by atoms with Gasteiger partial charge in [-0.15, -0.1) is 0 Å². The summed E-state index contributed by atoms with van der Waals surface area (Å²) >= 11 is 0. The van der Waals surface area contributed by atoms with E-state index in [4.69, 9.17) is 0 Å². The summed E-state index contributed by atoms with van der Waals surface area (Å²) in [4.78, 5) is 0. The Morgan fingerprint density at radius 3 is 2.69 bits per heavy atom. The molecule has 1 N–H and O–H groups in total. The first kappa shape index (κ1) is 20.9. The summed E-state index contributed by atoms with van der Waals surface area (Å²) in [6.45, 7) is 8.16. The van der Waals surface area contributed by atoms with Crippen molar-refractivity contribution in [2.75, 3.05) is 0 Å². The fourth-order valence-electron chi connectivity index (χ4n) is 8.35. The topological polar surface area (TPSA) is 25.2 Å². The largest absolute Gasteiger partial charge is 0.377 e. The first-order valence-electron chi connectivity index (χ1n) is 13.2. The lowest BCUT2D eigenvalue weighted by atomic mass is 9.51. The first-order chi connectivity index (χ1) is 15.5. The third-order valence-corrected chi connectivity index (χ3v) is 10.1. The van der Waals surface area contributed by atoms with Gasteiger partial charge in [-0.1, -0.05) is 42.6 Å². The molecule has 32 heavy (non-hydrogen) atoms. The molecule has 5 aliphatic rings. The number of allylic oxidation sites excluding steroid dienone is 2. The van der Waals surface area contributed by atoms with Gasteiger partial charge in [0.2, 0.25) is 0 Å². The predicted octanol–water partition coefficient (Wildman–Crippen LogP) is 6.38. The standard InChI is InChI=1S/C30H39NO/c1-21(20-31-17-3-4-18-31)27-9-10-28-26-8-7-23-19-30(32,15-11-22-5-6-22)16-13-24(23)25(26)12-14-29(27,28)2/h3-4,7,17-18,22,24-28,32H,1,5-6,8-10,12-14,16,19-20H2,2H3/t24-,25+,26+,27+,28-,29+,30-/m0/s1. The maximum atomic E-state index is 11.1. The summed E-state index contributed by atoms with van der Waals surface area (Å²) in [5.41, 5.74) is 2.64. The SMILES string of the molecule is C=C(Cn1cccc1)[C@H]1CC[C@H]2[C@@H]3CC=C4C[C@](O)(C#CC5CC5)CC[C@@H]4[C@H]3CC[C@]12C. The molecular weight excluding hydrogens is 390 g/mol. The quantitative estimate of drug-likeness (QED) is 0.438. The average Bonchev–Trinajstić information content (AvgIpc) is 3.34. The molecule has 1 aromatic heterocycles. The van der Waals surface area contributed by atoms with Gasteiger partial charge in [-0.2, -0.15) is 0 Å². The van der Waals surface area contributed by atoms with E-state index in [9.17, 15) is 5.11 Å². The molecule has 0 bridgehead atoms. The summed E-state index contributed by atoms with van der Waals surface area (Å²) in [6, 6.07) is 4.23. The van der Waals surface area contributed by atoms with Gasteiger partial charge in [-0.3, -0.25) is 0 Å². The van der Waals surface area contributed by atoms with Crippen LogP contribution >= 0.6 is 0 Å². The summed E-state index contributed by atoms with van der Waals surface area (Å²) in [5, 5.41) is 11.1. The number of rotatable bonds is 3. The van der Waals surface area contributed by atoms with Crippen molar-refractivity contribution in [3.63, 3.8) is 0 Å². The van der Waals surface area contributed by atoms with Crippen LogP contribution in [0.5, 0.6) is 0 Å². The molecular formula is C30H39NO. The van der Waals surface area contributed by atoms with E-state index in [0.29, 0.717) is 23.2 Å². The van der Waals surface area contributed by atoms with Crippen LogP contribution in [-0.4, -0.2) is 15.3 Å². The molecule has 5 aliphatic carbocycles. The van der Waals surface area contributed by atoms with Gasteiger partial charge < -0.3 is 9.67 Å². The number of fused-ring (bicyclic) bond motifs is 5. The van der Waals surface area contributed by atoms with Crippen molar-refractivity contribution >= 4 is 0 Å². The second-order valence-electron chi connectivity index (χ2n) is 12.0. The van der Waals surface area contributed by atoms with Crippen LogP contribution in [0.4, 0.5) is 0 Å². The Morgan fingerprint density at radius 1 is 1.09 bits per heavy atom. The Bertz CT molecular complexity index is 972. The van der Waals surface area contributed by atoms with E-state index in [-0.39, 0.29) is 0 Å². The van der Waals surface area contributed by atoms with Gasteiger partial charge in [0.15, 0.2) is 0 Å². The van der Waals surface area contributed by atoms with E-state index < -0.39 is 5.60 Å². The molecule has 0 unspecified atom stereocenters. The van der Waals surface area contributed by atoms with Crippen molar-refractivity contribution in [3.8, 4) is 11.8 Å². The third kappa shape index (κ3) is 3.52. The van der Waals surface area contributed by atoms with Crippen LogP contribution in [0.2, 0.25) is 0 Å². The average molecular weight is 430 g/mol. The molecule has 0 radical (unpaired) electrons. The Balaban J connectivity index is 1.18. The van der Waals surface area contributed by atoms with Crippen LogP contribution in [-0.2, 0) is 6.54 Å². The smallest absolute Gasteiger partial charge is 0.129 e. The fraction of sp³-hybridized carbons (Fsp3) is 0.667. The second-order valence-corrected chi connectivity index (χ2v) is 12.0. The monoisotopic (exact) mass is 429 g/mol. The van der Waals surface area contributed by atoms with Crippen LogP contribution in [0.3, 0.4) is 0 Å². The minimum atomic E-state index is -0.754. The number of hydrogen-bond acceptors (Lipinski definition) is 1. The van der Waals surface area contributed by atoms with E-state index in [2.05, 4.69) is 60.5 Å². The Morgan fingerprint density at radius 2 is 1.91 bits per heavy atom. The molecule has 0 saturated heterocycles. The third-order valence-electron chi connectivity index (χ3n) is 10.1. The van der Waals surface area contributed by atoms with Gasteiger partial charge in [0.25, 0.3) is 0 Å². The zero-order chi connectivity index (χ0) is 21.9. The first-order valence-corrected chi connectivity index (χ1v) is 13.2. The molecule has 170 valence electrons. The van der Waals surface area contributed by atoms with E-state index in [1.165, 1.54) is 50.5 Å². The van der Waals surface area contributed by atoms with Gasteiger partial charge in [-0.05, 0) is 105 Å². The molecule has 1 aromatic rings.